The molecule has 0 aromatic carbocycles. The van der Waals surface area contributed by atoms with E-state index in [4.69, 9.17) is 11.7 Å². The van der Waals surface area contributed by atoms with Gasteiger partial charge in [0.2, 0.25) is 0 Å². The average molecular weight is 326 g/mol. The number of hydrazine groups is 2. The highest BCUT2D eigenvalue weighted by Crippen LogP contribution is 2.45. The van der Waals surface area contributed by atoms with Gasteiger partial charge < -0.3 is 20.8 Å². The van der Waals surface area contributed by atoms with Crippen LogP contribution >= 0.6 is 0 Å². The molecule has 3 unspecified atom stereocenters. The smallest absolute Gasteiger partial charge is 0.0219 e. The highest BCUT2D eigenvalue weighted by molar-refractivity contribution is 4.98. The Balaban J connectivity index is 2.24. The van der Waals surface area contributed by atoms with Gasteiger partial charge in [-0.1, -0.05) is 44.9 Å². The molecule has 0 aromatic rings. The van der Waals surface area contributed by atoms with E-state index in [1.165, 1.54) is 32.1 Å². The number of hydroxylamine groups is 2. The summed E-state index contributed by atoms with van der Waals surface area (Å²) in [6.07, 6.45) is 11.1. The summed E-state index contributed by atoms with van der Waals surface area (Å²) >= 11 is 0. The first-order valence-corrected chi connectivity index (χ1v) is 9.24. The van der Waals surface area contributed by atoms with Crippen molar-refractivity contribution in [3.05, 3.63) is 10.4 Å². The third kappa shape index (κ3) is 4.24. The van der Waals surface area contributed by atoms with Crippen molar-refractivity contribution in [3.63, 3.8) is 0 Å². The molecule has 0 aliphatic heterocycles. The van der Waals surface area contributed by atoms with Crippen LogP contribution in [0.2, 0.25) is 0 Å². The van der Waals surface area contributed by atoms with Crippen LogP contribution in [0.15, 0.2) is 0 Å². The van der Waals surface area contributed by atoms with Crippen molar-refractivity contribution in [1.82, 2.24) is 10.3 Å². The Labute approximate surface area is 140 Å². The van der Waals surface area contributed by atoms with Crippen LogP contribution in [0, 0.1) is 22.3 Å². The van der Waals surface area contributed by atoms with Crippen molar-refractivity contribution in [3.8, 4) is 0 Å². The standard InChI is InChI=1S/C17H34N4O2/c1-16(20(18)22)11-6-7-12-17(2,21(19)23)15(10-13-16)14-8-4-3-5-9-14/h14-15H,3-13,18-19H2,1-2H3/q-2. The summed E-state index contributed by atoms with van der Waals surface area (Å²) < 4.78 is 0. The van der Waals surface area contributed by atoms with Gasteiger partial charge in [0.15, 0.2) is 0 Å². The topological polar surface area (TPSA) is 105 Å². The maximum atomic E-state index is 12.2. The third-order valence-electron chi connectivity index (χ3n) is 6.70. The highest BCUT2D eigenvalue weighted by atomic mass is 16.5. The van der Waals surface area contributed by atoms with Crippen LogP contribution in [0.3, 0.4) is 0 Å². The van der Waals surface area contributed by atoms with Crippen LogP contribution < -0.4 is 11.7 Å². The second-order valence-corrected chi connectivity index (χ2v) is 8.26. The van der Waals surface area contributed by atoms with Gasteiger partial charge in [0.25, 0.3) is 0 Å². The van der Waals surface area contributed by atoms with Gasteiger partial charge in [-0.15, -0.1) is 0 Å². The molecule has 0 bridgehead atoms. The average Bonchev–Trinajstić information content (AvgIpc) is 2.58. The van der Waals surface area contributed by atoms with Gasteiger partial charge in [-0.2, -0.15) is 0 Å². The summed E-state index contributed by atoms with van der Waals surface area (Å²) in [5.41, 5.74) is -1.06. The van der Waals surface area contributed by atoms with Crippen molar-refractivity contribution >= 4 is 0 Å². The van der Waals surface area contributed by atoms with Gasteiger partial charge in [-0.25, -0.2) is 0 Å². The summed E-state index contributed by atoms with van der Waals surface area (Å²) in [7, 11) is 0. The zero-order valence-corrected chi connectivity index (χ0v) is 14.8. The summed E-state index contributed by atoms with van der Waals surface area (Å²) in [6.45, 7) is 3.98. The normalized spacial score (nSPS) is 38.3. The number of hydrogen-bond donors (Lipinski definition) is 2. The van der Waals surface area contributed by atoms with Crippen LogP contribution in [0.25, 0.3) is 0 Å². The summed E-state index contributed by atoms with van der Waals surface area (Å²) in [5, 5.41) is 25.5. The second-order valence-electron chi connectivity index (χ2n) is 8.26. The van der Waals surface area contributed by atoms with E-state index in [1.54, 1.807) is 0 Å². The zero-order chi connectivity index (χ0) is 17.1. The first-order valence-electron chi connectivity index (χ1n) is 9.24. The van der Waals surface area contributed by atoms with Gasteiger partial charge >= 0.3 is 0 Å². The lowest BCUT2D eigenvalue weighted by molar-refractivity contribution is 0.0213. The predicted octanol–water partition coefficient (Wildman–Crippen LogP) is 3.40. The van der Waals surface area contributed by atoms with Crippen LogP contribution in [-0.4, -0.2) is 21.4 Å². The highest BCUT2D eigenvalue weighted by Gasteiger charge is 2.41. The monoisotopic (exact) mass is 326 g/mol. The van der Waals surface area contributed by atoms with E-state index >= 15 is 0 Å². The Morgan fingerprint density at radius 3 is 1.96 bits per heavy atom. The fourth-order valence-corrected chi connectivity index (χ4v) is 4.85. The van der Waals surface area contributed by atoms with Crippen molar-refractivity contribution in [2.45, 2.75) is 95.6 Å². The van der Waals surface area contributed by atoms with Gasteiger partial charge in [0.1, 0.15) is 0 Å². The van der Waals surface area contributed by atoms with Gasteiger partial charge in [-0.3, -0.25) is 11.7 Å². The minimum atomic E-state index is -0.532. The number of nitrogens with two attached hydrogens (primary N) is 2. The lowest BCUT2D eigenvalue weighted by Crippen LogP contribution is -2.55. The van der Waals surface area contributed by atoms with Crippen LogP contribution in [-0.2, 0) is 0 Å². The van der Waals surface area contributed by atoms with Crippen LogP contribution in [0.1, 0.15) is 84.5 Å². The summed E-state index contributed by atoms with van der Waals surface area (Å²) in [5.74, 6) is 12.2. The molecule has 4 N–H and O–H groups in total. The lowest BCUT2D eigenvalue weighted by Gasteiger charge is -2.52. The first kappa shape index (κ1) is 19.1. The van der Waals surface area contributed by atoms with Gasteiger partial charge in [-0.05, 0) is 51.4 Å². The van der Waals surface area contributed by atoms with Crippen molar-refractivity contribution in [1.29, 1.82) is 0 Å². The molecule has 2 rings (SSSR count). The number of rotatable bonds is 3. The van der Waals surface area contributed by atoms with E-state index in [0.29, 0.717) is 16.3 Å². The molecule has 6 heteroatoms. The van der Waals surface area contributed by atoms with E-state index < -0.39 is 11.1 Å². The number of hydrogen-bond acceptors (Lipinski definition) is 6. The van der Waals surface area contributed by atoms with Crippen LogP contribution in [0.4, 0.5) is 0 Å². The molecule has 2 saturated carbocycles. The quantitative estimate of drug-likeness (QED) is 0.608. The molecule has 2 aliphatic rings. The zero-order valence-electron chi connectivity index (χ0n) is 14.8. The van der Waals surface area contributed by atoms with E-state index in [1.807, 2.05) is 13.8 Å². The molecule has 0 aromatic heterocycles. The maximum absolute atomic E-state index is 12.2. The van der Waals surface area contributed by atoms with E-state index in [9.17, 15) is 10.4 Å². The minimum Gasteiger partial charge on any atom is -0.771 e. The fraction of sp³-hybridized carbons (Fsp3) is 1.00. The Hall–Kier alpha value is -0.240. The van der Waals surface area contributed by atoms with Crippen LogP contribution in [0.5, 0.6) is 0 Å². The molecule has 136 valence electrons. The molecule has 0 heterocycles. The molecular formula is C17H34N4O2-2. The molecule has 3 atom stereocenters. The van der Waals surface area contributed by atoms with Crippen molar-refractivity contribution < 1.29 is 0 Å². The number of nitrogens with zero attached hydrogens (tertiary/aromatic N) is 2. The Morgan fingerprint density at radius 2 is 1.39 bits per heavy atom. The van der Waals surface area contributed by atoms with E-state index in [2.05, 4.69) is 0 Å². The van der Waals surface area contributed by atoms with Gasteiger partial charge in [0, 0.05) is 11.1 Å². The molecule has 6 nitrogen and oxygen atoms in total. The first-order chi connectivity index (χ1) is 10.8. The van der Waals surface area contributed by atoms with Crippen molar-refractivity contribution in [2.75, 3.05) is 0 Å². The minimum absolute atomic E-state index is 0.239. The predicted molar refractivity (Wildman–Crippen MR) is 93.4 cm³/mol. The molecule has 2 aliphatic carbocycles. The Kier molecular flexibility index (Phi) is 6.44. The Bertz CT molecular complexity index is 374. The maximum Gasteiger partial charge on any atom is 0.0219 e. The third-order valence-corrected chi connectivity index (χ3v) is 6.70. The van der Waals surface area contributed by atoms with Gasteiger partial charge in [0.05, 0.1) is 0 Å². The Morgan fingerprint density at radius 1 is 0.783 bits per heavy atom. The lowest BCUT2D eigenvalue weighted by atomic mass is 9.67. The fourth-order valence-electron chi connectivity index (χ4n) is 4.85. The SMILES string of the molecule is CC1(N(N)[O-])CCCCC(C)(N(N)[O-])C(C2CCCCC2)CC1. The van der Waals surface area contributed by atoms with Crippen molar-refractivity contribution in [2.24, 2.45) is 23.5 Å². The molecule has 23 heavy (non-hydrogen) atoms. The molecule has 0 amide bonds. The van der Waals surface area contributed by atoms with E-state index in [0.717, 1.165) is 38.5 Å². The molecule has 0 saturated heterocycles. The summed E-state index contributed by atoms with van der Waals surface area (Å²) in [4.78, 5) is 0. The molecule has 0 spiro atoms. The largest absolute Gasteiger partial charge is 0.771 e. The second kappa shape index (κ2) is 7.76. The summed E-state index contributed by atoms with van der Waals surface area (Å²) in [6, 6.07) is 0. The molecule has 2 fully saturated rings. The molecular weight excluding hydrogens is 292 g/mol. The van der Waals surface area contributed by atoms with E-state index in [-0.39, 0.29) is 5.92 Å². The molecule has 0 radical (unpaired) electrons.